The Balaban J connectivity index is 1.87. The zero-order valence-electron chi connectivity index (χ0n) is 13.9. The lowest BCUT2D eigenvalue weighted by Gasteiger charge is -2.26. The fourth-order valence-corrected chi connectivity index (χ4v) is 3.83. The van der Waals surface area contributed by atoms with Gasteiger partial charge in [0.1, 0.15) is 0 Å². The number of anilines is 1. The Morgan fingerprint density at radius 1 is 1.32 bits per heavy atom. The molecule has 0 radical (unpaired) electrons. The molecule has 2 N–H and O–H groups in total. The van der Waals surface area contributed by atoms with Crippen LogP contribution in [-0.4, -0.2) is 36.8 Å². The molecule has 1 saturated heterocycles. The molecule has 1 aliphatic rings. The molecule has 0 bridgehead atoms. The van der Waals surface area contributed by atoms with Gasteiger partial charge < -0.3 is 15.4 Å². The predicted molar refractivity (Wildman–Crippen MR) is 93.8 cm³/mol. The highest BCUT2D eigenvalue weighted by atomic mass is 32.2. The van der Waals surface area contributed by atoms with Crippen molar-refractivity contribution in [2.45, 2.75) is 38.2 Å². The van der Waals surface area contributed by atoms with Crippen LogP contribution < -0.4 is 10.6 Å². The Kier molecular flexibility index (Phi) is 5.40. The van der Waals surface area contributed by atoms with Crippen LogP contribution in [0, 0.1) is 0 Å². The number of benzene rings is 1. The summed E-state index contributed by atoms with van der Waals surface area (Å²) in [6, 6.07) is 7.81. The minimum Gasteiger partial charge on any atom is -0.376 e. The van der Waals surface area contributed by atoms with Crippen LogP contribution >= 0.6 is 11.8 Å². The monoisotopic (exact) mass is 322 g/mol. The maximum atomic E-state index is 12.0. The van der Waals surface area contributed by atoms with Gasteiger partial charge in [-0.05, 0) is 35.3 Å². The first-order valence-corrected chi connectivity index (χ1v) is 8.78. The molecule has 1 heterocycles. The van der Waals surface area contributed by atoms with Crippen molar-refractivity contribution >= 4 is 23.5 Å². The molecular weight excluding hydrogens is 296 g/mol. The Labute approximate surface area is 137 Å². The molecule has 2 rings (SSSR count). The van der Waals surface area contributed by atoms with Crippen molar-refractivity contribution in [2.24, 2.45) is 0 Å². The van der Waals surface area contributed by atoms with Crippen LogP contribution in [0.3, 0.4) is 0 Å². The van der Waals surface area contributed by atoms with Gasteiger partial charge in [0, 0.05) is 25.1 Å². The lowest BCUT2D eigenvalue weighted by molar-refractivity contribution is 0.0161. The van der Waals surface area contributed by atoms with Gasteiger partial charge in [-0.2, -0.15) is 11.8 Å². The van der Waals surface area contributed by atoms with Gasteiger partial charge >= 0.3 is 6.03 Å². The Morgan fingerprint density at radius 3 is 2.50 bits per heavy atom. The number of urea groups is 1. The molecule has 1 unspecified atom stereocenters. The van der Waals surface area contributed by atoms with Gasteiger partial charge in [-0.15, -0.1) is 0 Å². The summed E-state index contributed by atoms with van der Waals surface area (Å²) in [6.07, 6.45) is 0.981. The van der Waals surface area contributed by atoms with Gasteiger partial charge in [0.15, 0.2) is 0 Å². The zero-order chi connectivity index (χ0) is 16.2. The molecule has 0 spiro atoms. The van der Waals surface area contributed by atoms with Crippen molar-refractivity contribution in [3.8, 4) is 0 Å². The quantitative estimate of drug-likeness (QED) is 0.890. The van der Waals surface area contributed by atoms with E-state index in [-0.39, 0.29) is 17.0 Å². The van der Waals surface area contributed by atoms with Crippen LogP contribution in [0.1, 0.15) is 32.8 Å². The van der Waals surface area contributed by atoms with Gasteiger partial charge in [-0.25, -0.2) is 4.79 Å². The van der Waals surface area contributed by atoms with Crippen LogP contribution in [0.4, 0.5) is 10.5 Å². The second kappa shape index (κ2) is 6.92. The molecule has 0 saturated carbocycles. The molecular formula is C17H26N2O2S. The van der Waals surface area contributed by atoms with E-state index in [1.165, 1.54) is 5.56 Å². The number of hydrogen-bond donors (Lipinski definition) is 2. The average Bonchev–Trinajstić information content (AvgIpc) is 2.94. The number of nitrogens with one attached hydrogen (secondary N) is 2. The molecule has 122 valence electrons. The molecule has 1 aromatic rings. The maximum absolute atomic E-state index is 12.0. The highest BCUT2D eigenvalue weighted by Crippen LogP contribution is 2.30. The minimum absolute atomic E-state index is 0.117. The molecule has 0 aromatic heterocycles. The van der Waals surface area contributed by atoms with Gasteiger partial charge in [-0.3, -0.25) is 0 Å². The molecule has 1 atom stereocenters. The molecule has 22 heavy (non-hydrogen) atoms. The van der Waals surface area contributed by atoms with Gasteiger partial charge in [-0.1, -0.05) is 32.9 Å². The van der Waals surface area contributed by atoms with Crippen molar-refractivity contribution in [1.29, 1.82) is 0 Å². The largest absolute Gasteiger partial charge is 0.376 e. The summed E-state index contributed by atoms with van der Waals surface area (Å²) in [4.78, 5) is 12.0. The molecule has 0 aliphatic carbocycles. The van der Waals surface area contributed by atoms with Gasteiger partial charge in [0.2, 0.25) is 0 Å². The van der Waals surface area contributed by atoms with Gasteiger partial charge in [0.25, 0.3) is 0 Å². The number of carbonyl (C=O) groups excluding carboxylic acids is 1. The van der Waals surface area contributed by atoms with Crippen LogP contribution in [0.2, 0.25) is 0 Å². The fourth-order valence-electron chi connectivity index (χ4n) is 2.43. The summed E-state index contributed by atoms with van der Waals surface area (Å²) < 4.78 is 5.59. The Bertz CT molecular complexity index is 502. The first-order chi connectivity index (χ1) is 10.3. The maximum Gasteiger partial charge on any atom is 0.319 e. The predicted octanol–water partition coefficient (Wildman–Crippen LogP) is 3.63. The highest BCUT2D eigenvalue weighted by molar-refractivity contribution is 7.99. The summed E-state index contributed by atoms with van der Waals surface area (Å²) in [5.74, 6) is 2.02. The van der Waals surface area contributed by atoms with E-state index in [1.54, 1.807) is 7.11 Å². The van der Waals surface area contributed by atoms with Crippen LogP contribution in [0.15, 0.2) is 24.3 Å². The second-order valence-electron chi connectivity index (χ2n) is 6.82. The molecule has 4 nitrogen and oxygen atoms in total. The normalized spacial score (nSPS) is 21.6. The number of hydrogen-bond acceptors (Lipinski definition) is 3. The summed E-state index contributed by atoms with van der Waals surface area (Å²) in [7, 11) is 1.72. The summed E-state index contributed by atoms with van der Waals surface area (Å²) in [5, 5.41) is 5.79. The number of thioether (sulfide) groups is 1. The van der Waals surface area contributed by atoms with E-state index < -0.39 is 0 Å². The first-order valence-electron chi connectivity index (χ1n) is 7.63. The lowest BCUT2D eigenvalue weighted by Crippen LogP contribution is -2.45. The number of amides is 2. The number of ether oxygens (including phenoxy) is 1. The van der Waals surface area contributed by atoms with E-state index in [0.29, 0.717) is 6.54 Å². The Morgan fingerprint density at radius 2 is 2.00 bits per heavy atom. The van der Waals surface area contributed by atoms with Crippen molar-refractivity contribution in [3.63, 3.8) is 0 Å². The molecule has 1 fully saturated rings. The zero-order valence-corrected chi connectivity index (χ0v) is 14.7. The topological polar surface area (TPSA) is 50.4 Å². The van der Waals surface area contributed by atoms with E-state index >= 15 is 0 Å². The summed E-state index contributed by atoms with van der Waals surface area (Å²) in [5.41, 5.74) is 1.96. The molecule has 2 amide bonds. The smallest absolute Gasteiger partial charge is 0.319 e. The third kappa shape index (κ3) is 4.40. The van der Waals surface area contributed by atoms with Crippen LogP contribution in [0.5, 0.6) is 0 Å². The van der Waals surface area contributed by atoms with Crippen molar-refractivity contribution in [2.75, 3.05) is 30.5 Å². The van der Waals surface area contributed by atoms with E-state index in [1.807, 2.05) is 23.9 Å². The average molecular weight is 322 g/mol. The van der Waals surface area contributed by atoms with Gasteiger partial charge in [0.05, 0.1) is 5.60 Å². The number of rotatable bonds is 4. The van der Waals surface area contributed by atoms with Crippen LogP contribution in [0.25, 0.3) is 0 Å². The SMILES string of the molecule is COC1(CNC(=O)Nc2ccc(C(C)(C)C)cc2)CCSC1. The fraction of sp³-hybridized carbons (Fsp3) is 0.588. The first kappa shape index (κ1) is 17.2. The van der Waals surface area contributed by atoms with E-state index in [2.05, 4.69) is 43.5 Å². The standard InChI is InChI=1S/C17H26N2O2S/c1-16(2,3)13-5-7-14(8-6-13)19-15(20)18-11-17(21-4)9-10-22-12-17/h5-8H,9-12H2,1-4H3,(H2,18,19,20). The summed E-state index contributed by atoms with van der Waals surface area (Å²) >= 11 is 1.87. The number of methoxy groups -OCH3 is 1. The van der Waals surface area contributed by atoms with Crippen LogP contribution in [-0.2, 0) is 10.2 Å². The van der Waals surface area contributed by atoms with E-state index in [9.17, 15) is 4.79 Å². The third-order valence-corrected chi connectivity index (χ3v) is 5.30. The van der Waals surface area contributed by atoms with E-state index in [4.69, 9.17) is 4.74 Å². The lowest BCUT2D eigenvalue weighted by atomic mass is 9.87. The minimum atomic E-state index is -0.210. The molecule has 1 aromatic carbocycles. The van der Waals surface area contributed by atoms with Crippen molar-refractivity contribution in [3.05, 3.63) is 29.8 Å². The summed E-state index contributed by atoms with van der Waals surface area (Å²) in [6.45, 7) is 7.06. The highest BCUT2D eigenvalue weighted by Gasteiger charge is 2.34. The Hall–Kier alpha value is -1.20. The van der Waals surface area contributed by atoms with Crippen molar-refractivity contribution < 1.29 is 9.53 Å². The number of carbonyl (C=O) groups is 1. The van der Waals surface area contributed by atoms with E-state index in [0.717, 1.165) is 23.6 Å². The molecule has 5 heteroatoms. The van der Waals surface area contributed by atoms with Crippen molar-refractivity contribution in [1.82, 2.24) is 5.32 Å². The second-order valence-corrected chi connectivity index (χ2v) is 7.93. The third-order valence-electron chi connectivity index (χ3n) is 4.08. The molecule has 1 aliphatic heterocycles.